The number of ether oxygens (including phenoxy) is 1. The molecule has 0 aromatic carbocycles. The zero-order valence-electron chi connectivity index (χ0n) is 14.5. The van der Waals surface area contributed by atoms with Gasteiger partial charge in [-0.25, -0.2) is 0 Å². The summed E-state index contributed by atoms with van der Waals surface area (Å²) >= 11 is 0. The lowest BCUT2D eigenvalue weighted by Gasteiger charge is -2.34. The van der Waals surface area contributed by atoms with E-state index in [2.05, 4.69) is 65.8 Å². The lowest BCUT2D eigenvalue weighted by atomic mass is 9.71. The Morgan fingerprint density at radius 1 is 1.29 bits per heavy atom. The molecule has 1 saturated heterocycles. The summed E-state index contributed by atoms with van der Waals surface area (Å²) in [5.41, 5.74) is 6.06. The highest BCUT2D eigenvalue weighted by Gasteiger charge is 2.48. The fourth-order valence-corrected chi connectivity index (χ4v) is 3.49. The second-order valence-corrected chi connectivity index (χ2v) is 7.21. The van der Waals surface area contributed by atoms with E-state index < -0.39 is 0 Å². The minimum atomic E-state index is 0.294. The lowest BCUT2D eigenvalue weighted by molar-refractivity contribution is 0.317. The maximum atomic E-state index is 6.03. The van der Waals surface area contributed by atoms with Crippen LogP contribution in [0.3, 0.4) is 0 Å². The van der Waals surface area contributed by atoms with Crippen molar-refractivity contribution in [3.8, 4) is 0 Å². The molecule has 1 heterocycles. The fourth-order valence-electron chi connectivity index (χ4n) is 3.49. The highest BCUT2D eigenvalue weighted by Crippen LogP contribution is 2.49. The van der Waals surface area contributed by atoms with E-state index in [0.717, 1.165) is 0 Å². The van der Waals surface area contributed by atoms with Gasteiger partial charge in [0.25, 0.3) is 0 Å². The molecule has 1 fully saturated rings. The quantitative estimate of drug-likeness (QED) is 0.364. The molecule has 0 spiro atoms. The van der Waals surface area contributed by atoms with Crippen molar-refractivity contribution in [3.63, 3.8) is 0 Å². The van der Waals surface area contributed by atoms with Crippen LogP contribution in [-0.4, -0.2) is 12.2 Å². The minimum Gasteiger partial charge on any atom is -0.360 e. The molecule has 2 atom stereocenters. The molecule has 0 saturated carbocycles. The summed E-state index contributed by atoms with van der Waals surface area (Å²) in [6.45, 7) is 13.4. The van der Waals surface area contributed by atoms with Crippen LogP contribution in [0.25, 0.3) is 0 Å². The van der Waals surface area contributed by atoms with E-state index in [1.165, 1.54) is 30.4 Å². The van der Waals surface area contributed by atoms with Crippen molar-refractivity contribution in [2.75, 3.05) is 0 Å². The molecule has 0 N–H and O–H groups in total. The third-order valence-corrected chi connectivity index (χ3v) is 4.94. The molecule has 2 unspecified atom stereocenters. The van der Waals surface area contributed by atoms with Crippen LogP contribution in [0.1, 0.15) is 60.8 Å². The van der Waals surface area contributed by atoms with E-state index in [1.54, 1.807) is 11.1 Å². The van der Waals surface area contributed by atoms with Crippen molar-refractivity contribution in [1.29, 1.82) is 0 Å². The van der Waals surface area contributed by atoms with Gasteiger partial charge in [0, 0.05) is 0 Å². The molecule has 2 aliphatic rings. The van der Waals surface area contributed by atoms with Crippen molar-refractivity contribution in [2.45, 2.75) is 73.0 Å². The Balaban J connectivity index is 2.07. The molecule has 0 aromatic rings. The molecular weight excluding hydrogens is 256 g/mol. The maximum absolute atomic E-state index is 6.03. The van der Waals surface area contributed by atoms with Gasteiger partial charge in [-0.3, -0.25) is 0 Å². The standard InChI is InChI=1S/C20H30O/c1-7-14(2)10-8-11-16(4)18-19(21-18)17-15(3)12-9-13-20(17,5)6/h7-8,10-11,18-19H,9,12-13H2,1-6H3/b10-8+,14-7+,16-11+. The second-order valence-electron chi connectivity index (χ2n) is 7.21. The lowest BCUT2D eigenvalue weighted by Crippen LogP contribution is -2.24. The van der Waals surface area contributed by atoms with Crippen LogP contribution in [-0.2, 0) is 4.74 Å². The van der Waals surface area contributed by atoms with Crippen molar-refractivity contribution in [1.82, 2.24) is 0 Å². The van der Waals surface area contributed by atoms with Gasteiger partial charge < -0.3 is 4.74 Å². The zero-order valence-corrected chi connectivity index (χ0v) is 14.5. The molecule has 1 heteroatoms. The van der Waals surface area contributed by atoms with Gasteiger partial charge in [-0.15, -0.1) is 0 Å². The Kier molecular flexibility index (Phi) is 4.93. The van der Waals surface area contributed by atoms with Crippen LogP contribution in [0.2, 0.25) is 0 Å². The molecular formula is C20H30O. The summed E-state index contributed by atoms with van der Waals surface area (Å²) in [6.07, 6.45) is 13.1. The molecule has 0 radical (unpaired) electrons. The van der Waals surface area contributed by atoms with Gasteiger partial charge in [0.1, 0.15) is 12.2 Å². The van der Waals surface area contributed by atoms with Gasteiger partial charge >= 0.3 is 0 Å². The molecule has 0 bridgehead atoms. The molecule has 0 amide bonds. The second kappa shape index (κ2) is 6.36. The molecule has 2 rings (SSSR count). The van der Waals surface area contributed by atoms with Crippen LogP contribution in [0.4, 0.5) is 0 Å². The van der Waals surface area contributed by atoms with Crippen LogP contribution < -0.4 is 0 Å². The molecule has 1 aliphatic carbocycles. The largest absolute Gasteiger partial charge is 0.360 e. The predicted molar refractivity (Wildman–Crippen MR) is 91.3 cm³/mol. The number of hydrogen-bond donors (Lipinski definition) is 0. The van der Waals surface area contributed by atoms with E-state index >= 15 is 0 Å². The predicted octanol–water partition coefficient (Wildman–Crippen LogP) is 5.75. The highest BCUT2D eigenvalue weighted by molar-refractivity contribution is 5.36. The van der Waals surface area contributed by atoms with Gasteiger partial charge in [0.15, 0.2) is 0 Å². The summed E-state index contributed by atoms with van der Waals surface area (Å²) in [7, 11) is 0. The summed E-state index contributed by atoms with van der Waals surface area (Å²) < 4.78 is 6.03. The summed E-state index contributed by atoms with van der Waals surface area (Å²) in [6, 6.07) is 0. The average Bonchev–Trinajstić information content (AvgIpc) is 3.17. The van der Waals surface area contributed by atoms with E-state index in [1.807, 2.05) is 0 Å². The fraction of sp³-hybridized carbons (Fsp3) is 0.600. The first kappa shape index (κ1) is 16.3. The summed E-state index contributed by atoms with van der Waals surface area (Å²) in [4.78, 5) is 0. The van der Waals surface area contributed by atoms with Crippen LogP contribution >= 0.6 is 0 Å². The monoisotopic (exact) mass is 286 g/mol. The zero-order chi connectivity index (χ0) is 15.6. The third-order valence-electron chi connectivity index (χ3n) is 4.94. The van der Waals surface area contributed by atoms with E-state index in [4.69, 9.17) is 4.74 Å². The third kappa shape index (κ3) is 3.77. The van der Waals surface area contributed by atoms with Gasteiger partial charge in [-0.05, 0) is 63.5 Å². The topological polar surface area (TPSA) is 12.5 Å². The highest BCUT2D eigenvalue weighted by atomic mass is 16.6. The van der Waals surface area contributed by atoms with Gasteiger partial charge in [0.2, 0.25) is 0 Å². The Morgan fingerprint density at radius 2 is 2.00 bits per heavy atom. The average molecular weight is 286 g/mol. The number of allylic oxidation sites excluding steroid dienone is 6. The minimum absolute atomic E-state index is 0.294. The SMILES string of the molecule is C/C=C(C)/C=C/C=C(\C)C1OC1C1=C(C)CCCC1(C)C. The Hall–Kier alpha value is -1.08. The number of hydrogen-bond acceptors (Lipinski definition) is 1. The van der Waals surface area contributed by atoms with Crippen molar-refractivity contribution in [2.24, 2.45) is 5.41 Å². The molecule has 0 aromatic heterocycles. The molecule has 21 heavy (non-hydrogen) atoms. The summed E-state index contributed by atoms with van der Waals surface area (Å²) in [5.74, 6) is 0. The molecule has 1 nitrogen and oxygen atoms in total. The molecule has 116 valence electrons. The van der Waals surface area contributed by atoms with Crippen LogP contribution in [0, 0.1) is 5.41 Å². The first-order valence-electron chi connectivity index (χ1n) is 8.20. The molecule has 1 aliphatic heterocycles. The Morgan fingerprint density at radius 3 is 2.62 bits per heavy atom. The van der Waals surface area contributed by atoms with Gasteiger partial charge in [0.05, 0.1) is 0 Å². The van der Waals surface area contributed by atoms with Crippen molar-refractivity contribution in [3.05, 3.63) is 46.6 Å². The van der Waals surface area contributed by atoms with E-state index in [0.29, 0.717) is 17.6 Å². The summed E-state index contributed by atoms with van der Waals surface area (Å²) in [5, 5.41) is 0. The number of epoxide rings is 1. The normalized spacial score (nSPS) is 30.2. The van der Waals surface area contributed by atoms with Gasteiger partial charge in [-0.1, -0.05) is 49.3 Å². The maximum Gasteiger partial charge on any atom is 0.110 e. The smallest absolute Gasteiger partial charge is 0.110 e. The van der Waals surface area contributed by atoms with Crippen molar-refractivity contribution < 1.29 is 4.74 Å². The van der Waals surface area contributed by atoms with E-state index in [9.17, 15) is 0 Å². The first-order chi connectivity index (χ1) is 9.86. The van der Waals surface area contributed by atoms with Crippen LogP contribution in [0.5, 0.6) is 0 Å². The first-order valence-corrected chi connectivity index (χ1v) is 8.20. The van der Waals surface area contributed by atoms with Crippen molar-refractivity contribution >= 4 is 0 Å². The Labute approximate surface area is 130 Å². The van der Waals surface area contributed by atoms with E-state index in [-0.39, 0.29) is 0 Å². The van der Waals surface area contributed by atoms with Gasteiger partial charge in [-0.2, -0.15) is 0 Å². The number of rotatable bonds is 4. The Bertz CT molecular complexity index is 514. The van der Waals surface area contributed by atoms with Crippen LogP contribution in [0.15, 0.2) is 46.6 Å².